The molecule has 0 unspecified atom stereocenters. The van der Waals surface area contributed by atoms with Crippen molar-refractivity contribution in [1.82, 2.24) is 15.0 Å². The highest BCUT2D eigenvalue weighted by molar-refractivity contribution is 7.99. The van der Waals surface area contributed by atoms with Crippen LogP contribution >= 0.6 is 23.5 Å². The highest BCUT2D eigenvalue weighted by atomic mass is 32.2. The smallest absolute Gasteiger partial charge is 0.225 e. The van der Waals surface area contributed by atoms with Crippen LogP contribution in [-0.2, 0) is 11.5 Å². The Morgan fingerprint density at radius 1 is 0.810 bits per heavy atom. The van der Waals surface area contributed by atoms with Crippen LogP contribution in [0.25, 0.3) is 0 Å². The van der Waals surface area contributed by atoms with Crippen molar-refractivity contribution in [2.45, 2.75) is 17.9 Å². The van der Waals surface area contributed by atoms with Crippen molar-refractivity contribution in [3.05, 3.63) is 41.7 Å². The lowest BCUT2D eigenvalue weighted by Gasteiger charge is -2.03. The van der Waals surface area contributed by atoms with Crippen LogP contribution in [0.2, 0.25) is 0 Å². The van der Waals surface area contributed by atoms with E-state index >= 15 is 0 Å². The lowest BCUT2D eigenvalue weighted by molar-refractivity contribution is 0.985. The van der Waals surface area contributed by atoms with Crippen LogP contribution in [0.4, 0.5) is 11.9 Å². The van der Waals surface area contributed by atoms with Crippen LogP contribution in [0, 0.1) is 0 Å². The molecule has 2 aromatic rings. The molecular weight excluding hydrogens is 302 g/mol. The highest BCUT2D eigenvalue weighted by Crippen LogP contribution is 2.16. The van der Waals surface area contributed by atoms with Gasteiger partial charge in [-0.1, -0.05) is 30.3 Å². The maximum absolute atomic E-state index is 5.53. The summed E-state index contributed by atoms with van der Waals surface area (Å²) in [6, 6.07) is 10.5. The fourth-order valence-electron chi connectivity index (χ4n) is 1.71. The summed E-state index contributed by atoms with van der Waals surface area (Å²) < 4.78 is 0. The van der Waals surface area contributed by atoms with Gasteiger partial charge in [0.2, 0.25) is 11.9 Å². The number of aromatic nitrogens is 3. The van der Waals surface area contributed by atoms with Crippen molar-refractivity contribution in [2.24, 2.45) is 0 Å². The number of nitrogens with two attached hydrogens (primary N) is 2. The number of rotatable bonds is 8. The van der Waals surface area contributed by atoms with Gasteiger partial charge in [-0.15, -0.1) is 0 Å². The van der Waals surface area contributed by atoms with E-state index in [1.807, 2.05) is 17.8 Å². The second-order valence-electron chi connectivity index (χ2n) is 4.41. The van der Waals surface area contributed by atoms with Gasteiger partial charge in [-0.25, -0.2) is 0 Å². The predicted octanol–water partition coefficient (Wildman–Crippen LogP) is 2.59. The lowest BCUT2D eigenvalue weighted by Crippen LogP contribution is -2.06. The van der Waals surface area contributed by atoms with E-state index in [0.717, 1.165) is 29.4 Å². The standard InChI is InChI=1S/C14H19N5S2/c15-13-17-12(18-14(16)19-13)10-21-8-4-7-20-9-11-5-2-1-3-6-11/h1-3,5-6H,4,7-10H2,(H4,15,16,17,18,19). The van der Waals surface area contributed by atoms with Gasteiger partial charge in [0.05, 0.1) is 5.75 Å². The van der Waals surface area contributed by atoms with E-state index in [1.54, 1.807) is 11.8 Å². The molecule has 0 spiro atoms. The molecular formula is C14H19N5S2. The number of nitrogens with zero attached hydrogens (tertiary/aromatic N) is 3. The van der Waals surface area contributed by atoms with Crippen molar-refractivity contribution in [1.29, 1.82) is 0 Å². The third-order valence-corrected chi connectivity index (χ3v) is 4.79. The van der Waals surface area contributed by atoms with Crippen LogP contribution in [0.15, 0.2) is 30.3 Å². The highest BCUT2D eigenvalue weighted by Gasteiger charge is 2.02. The number of hydrogen-bond donors (Lipinski definition) is 2. The topological polar surface area (TPSA) is 90.7 Å². The molecule has 112 valence electrons. The third kappa shape index (κ3) is 6.22. The average Bonchev–Trinajstić information content (AvgIpc) is 2.46. The Labute approximate surface area is 133 Å². The molecule has 1 aromatic carbocycles. The zero-order valence-corrected chi connectivity index (χ0v) is 13.4. The number of benzene rings is 1. The van der Waals surface area contributed by atoms with E-state index in [0.29, 0.717) is 5.82 Å². The van der Waals surface area contributed by atoms with Crippen LogP contribution in [-0.4, -0.2) is 26.5 Å². The summed E-state index contributed by atoms with van der Waals surface area (Å²) in [6.45, 7) is 0. The van der Waals surface area contributed by atoms with E-state index in [9.17, 15) is 0 Å². The molecule has 0 atom stereocenters. The largest absolute Gasteiger partial charge is 0.368 e. The van der Waals surface area contributed by atoms with Gasteiger partial charge in [0.1, 0.15) is 5.82 Å². The lowest BCUT2D eigenvalue weighted by atomic mass is 10.2. The second-order valence-corrected chi connectivity index (χ2v) is 6.62. The summed E-state index contributed by atoms with van der Waals surface area (Å²) in [5.41, 5.74) is 12.4. The fourth-order valence-corrected chi connectivity index (χ4v) is 3.62. The van der Waals surface area contributed by atoms with Crippen LogP contribution in [0.3, 0.4) is 0 Å². The zero-order chi connectivity index (χ0) is 14.9. The number of anilines is 2. The van der Waals surface area contributed by atoms with Gasteiger partial charge in [-0.3, -0.25) is 0 Å². The molecule has 4 N–H and O–H groups in total. The Hall–Kier alpha value is -1.47. The Morgan fingerprint density at radius 3 is 2.10 bits per heavy atom. The fraction of sp³-hybridized carbons (Fsp3) is 0.357. The minimum absolute atomic E-state index is 0.191. The Kier molecular flexibility index (Phi) is 6.62. The van der Waals surface area contributed by atoms with Crippen molar-refractivity contribution >= 4 is 35.4 Å². The Bertz CT molecular complexity index is 530. The van der Waals surface area contributed by atoms with E-state index in [4.69, 9.17) is 11.5 Å². The molecule has 0 saturated carbocycles. The normalized spacial score (nSPS) is 10.7. The summed E-state index contributed by atoms with van der Waals surface area (Å²) in [5, 5.41) is 0. The Balaban J connectivity index is 1.56. The minimum Gasteiger partial charge on any atom is -0.368 e. The first-order chi connectivity index (χ1) is 10.2. The number of thioether (sulfide) groups is 2. The average molecular weight is 321 g/mol. The molecule has 0 amide bonds. The van der Waals surface area contributed by atoms with Crippen LogP contribution in [0.5, 0.6) is 0 Å². The molecule has 1 aromatic heterocycles. The second kappa shape index (κ2) is 8.74. The molecule has 7 heteroatoms. The van der Waals surface area contributed by atoms with Gasteiger partial charge in [0, 0.05) is 5.75 Å². The van der Waals surface area contributed by atoms with Crippen molar-refractivity contribution in [2.75, 3.05) is 23.0 Å². The molecule has 5 nitrogen and oxygen atoms in total. The molecule has 0 bridgehead atoms. The van der Waals surface area contributed by atoms with E-state index in [-0.39, 0.29) is 11.9 Å². The SMILES string of the molecule is Nc1nc(N)nc(CSCCCSCc2ccccc2)n1. The minimum atomic E-state index is 0.191. The third-order valence-electron chi connectivity index (χ3n) is 2.64. The first kappa shape index (κ1) is 15.9. The Morgan fingerprint density at radius 2 is 1.43 bits per heavy atom. The van der Waals surface area contributed by atoms with Gasteiger partial charge in [0.25, 0.3) is 0 Å². The monoisotopic (exact) mass is 321 g/mol. The molecule has 0 saturated heterocycles. The van der Waals surface area contributed by atoms with Crippen molar-refractivity contribution in [3.8, 4) is 0 Å². The molecule has 0 aliphatic carbocycles. The first-order valence-corrected chi connectivity index (χ1v) is 9.00. The van der Waals surface area contributed by atoms with Crippen molar-refractivity contribution in [3.63, 3.8) is 0 Å². The van der Waals surface area contributed by atoms with Gasteiger partial charge >= 0.3 is 0 Å². The summed E-state index contributed by atoms with van der Waals surface area (Å²) in [4.78, 5) is 11.9. The zero-order valence-electron chi connectivity index (χ0n) is 11.7. The van der Waals surface area contributed by atoms with E-state index in [1.165, 1.54) is 5.56 Å². The molecule has 0 fully saturated rings. The van der Waals surface area contributed by atoms with E-state index < -0.39 is 0 Å². The predicted molar refractivity (Wildman–Crippen MR) is 92.0 cm³/mol. The molecule has 0 aliphatic heterocycles. The van der Waals surface area contributed by atoms with Gasteiger partial charge < -0.3 is 11.5 Å². The summed E-state index contributed by atoms with van der Waals surface area (Å²) >= 11 is 3.76. The summed E-state index contributed by atoms with van der Waals surface area (Å²) in [6.07, 6.45) is 1.16. The van der Waals surface area contributed by atoms with Gasteiger partial charge in [0.15, 0.2) is 0 Å². The van der Waals surface area contributed by atoms with Gasteiger partial charge in [-0.05, 0) is 23.5 Å². The maximum atomic E-state index is 5.53. The van der Waals surface area contributed by atoms with Crippen LogP contribution < -0.4 is 11.5 Å². The van der Waals surface area contributed by atoms with Crippen molar-refractivity contribution < 1.29 is 0 Å². The number of nitrogen functional groups attached to an aromatic ring is 2. The molecule has 0 radical (unpaired) electrons. The molecule has 2 rings (SSSR count). The number of hydrogen-bond acceptors (Lipinski definition) is 7. The van der Waals surface area contributed by atoms with Gasteiger partial charge in [-0.2, -0.15) is 38.5 Å². The maximum Gasteiger partial charge on any atom is 0.225 e. The summed E-state index contributed by atoms with van der Waals surface area (Å²) in [5.74, 6) is 5.07. The first-order valence-electron chi connectivity index (χ1n) is 6.69. The molecule has 1 heterocycles. The summed E-state index contributed by atoms with van der Waals surface area (Å²) in [7, 11) is 0. The van der Waals surface area contributed by atoms with E-state index in [2.05, 4.69) is 39.2 Å². The molecule has 21 heavy (non-hydrogen) atoms. The quantitative estimate of drug-likeness (QED) is 0.722. The molecule has 0 aliphatic rings. The van der Waals surface area contributed by atoms with Crippen LogP contribution in [0.1, 0.15) is 17.8 Å².